The molecule has 0 unspecified atom stereocenters. The van der Waals surface area contributed by atoms with E-state index < -0.39 is 17.8 Å². The Labute approximate surface area is 178 Å². The van der Waals surface area contributed by atoms with Gasteiger partial charge in [-0.2, -0.15) is 0 Å². The third-order valence-corrected chi connectivity index (χ3v) is 6.99. The van der Waals surface area contributed by atoms with E-state index in [-0.39, 0.29) is 30.2 Å². The van der Waals surface area contributed by atoms with Gasteiger partial charge in [0.1, 0.15) is 10.8 Å². The van der Waals surface area contributed by atoms with E-state index in [1.807, 2.05) is 13.8 Å². The molecule has 0 radical (unpaired) electrons. The van der Waals surface area contributed by atoms with E-state index in [4.69, 9.17) is 4.42 Å². The van der Waals surface area contributed by atoms with Gasteiger partial charge in [0.15, 0.2) is 0 Å². The predicted molar refractivity (Wildman–Crippen MR) is 112 cm³/mol. The molecule has 0 spiro atoms. The molecule has 2 fully saturated rings. The summed E-state index contributed by atoms with van der Waals surface area (Å²) < 4.78 is 5.21. The van der Waals surface area contributed by atoms with Gasteiger partial charge in [-0.1, -0.05) is 11.1 Å². The zero-order valence-corrected chi connectivity index (χ0v) is 17.6. The highest BCUT2D eigenvalue weighted by Gasteiger charge is 2.57. The van der Waals surface area contributed by atoms with E-state index >= 15 is 0 Å². The summed E-state index contributed by atoms with van der Waals surface area (Å²) in [5, 5.41) is 17.6. The molecule has 4 atom stereocenters. The van der Waals surface area contributed by atoms with Crippen molar-refractivity contribution >= 4 is 34.1 Å². The van der Waals surface area contributed by atoms with E-state index in [1.54, 1.807) is 23.6 Å². The second kappa shape index (κ2) is 8.10. The molecule has 0 aromatic carbocycles. The van der Waals surface area contributed by atoms with Gasteiger partial charge in [0, 0.05) is 0 Å². The Bertz CT molecular complexity index is 1000. The third kappa shape index (κ3) is 3.56. The number of carboxylic acid groups (broad SMARTS) is 1. The van der Waals surface area contributed by atoms with E-state index in [0.29, 0.717) is 16.3 Å². The number of anilines is 1. The monoisotopic (exact) mass is 428 g/mol. The largest absolute Gasteiger partial charge is 0.481 e. The van der Waals surface area contributed by atoms with Gasteiger partial charge in [-0.05, 0) is 62.1 Å². The van der Waals surface area contributed by atoms with Crippen LogP contribution in [0.4, 0.5) is 5.00 Å². The Morgan fingerprint density at radius 1 is 1.17 bits per heavy atom. The molecule has 2 aromatic rings. The second-order valence-electron chi connectivity index (χ2n) is 8.05. The topological polar surface area (TPSA) is 109 Å². The first-order valence-corrected chi connectivity index (χ1v) is 10.9. The van der Waals surface area contributed by atoms with Gasteiger partial charge in [-0.15, -0.1) is 11.3 Å². The molecule has 2 aliphatic rings. The summed E-state index contributed by atoms with van der Waals surface area (Å²) >= 11 is 1.25. The standard InChI is InChI=1S/C22H24N2O5S/c1-11(2)16-13-5-6-14(16)18(22(27)28)17(13)20(26)24-21-15(7-9-30-21)19(25)23-10-12-4-3-8-29-12/h3-4,7-9,13-14,17-18H,5-6,10H2,1-2H3,(H,23,25)(H,24,26)(H,27,28)/t13-,14-,17-,18-/m1/s1. The lowest BCUT2D eigenvalue weighted by Crippen LogP contribution is -2.38. The summed E-state index contributed by atoms with van der Waals surface area (Å²) in [5.74, 6) is -2.40. The number of hydrogen-bond acceptors (Lipinski definition) is 5. The third-order valence-electron chi connectivity index (χ3n) is 6.16. The quantitative estimate of drug-likeness (QED) is 0.605. The van der Waals surface area contributed by atoms with Gasteiger partial charge in [-0.3, -0.25) is 14.4 Å². The van der Waals surface area contributed by atoms with E-state index in [2.05, 4.69) is 10.6 Å². The fraction of sp³-hybridized carbons (Fsp3) is 0.409. The highest BCUT2D eigenvalue weighted by Crippen LogP contribution is 2.57. The Kier molecular flexibility index (Phi) is 5.51. The summed E-state index contributed by atoms with van der Waals surface area (Å²) in [4.78, 5) is 37.7. The molecule has 7 nitrogen and oxygen atoms in total. The molecule has 2 saturated carbocycles. The summed E-state index contributed by atoms with van der Waals surface area (Å²) in [6, 6.07) is 5.15. The zero-order chi connectivity index (χ0) is 21.4. The number of furan rings is 1. The first-order valence-electron chi connectivity index (χ1n) is 9.97. The van der Waals surface area contributed by atoms with Crippen LogP contribution in [0.1, 0.15) is 42.8 Å². The average Bonchev–Trinajstić information content (AvgIpc) is 3.48. The van der Waals surface area contributed by atoms with Crippen molar-refractivity contribution in [2.45, 2.75) is 33.2 Å². The van der Waals surface area contributed by atoms with Crippen molar-refractivity contribution in [1.29, 1.82) is 0 Å². The Balaban J connectivity index is 1.51. The van der Waals surface area contributed by atoms with Crippen LogP contribution in [0, 0.1) is 23.7 Å². The van der Waals surface area contributed by atoms with E-state index in [0.717, 1.165) is 24.0 Å². The lowest BCUT2D eigenvalue weighted by molar-refractivity contribution is -0.148. The molecule has 2 heterocycles. The van der Waals surface area contributed by atoms with Crippen molar-refractivity contribution in [2.24, 2.45) is 23.7 Å². The Hall–Kier alpha value is -2.87. The summed E-state index contributed by atoms with van der Waals surface area (Å²) in [7, 11) is 0. The van der Waals surface area contributed by atoms with Crippen LogP contribution in [-0.2, 0) is 16.1 Å². The van der Waals surface area contributed by atoms with Crippen LogP contribution in [0.5, 0.6) is 0 Å². The summed E-state index contributed by atoms with van der Waals surface area (Å²) in [5.41, 5.74) is 2.60. The van der Waals surface area contributed by atoms with Gasteiger partial charge in [-0.25, -0.2) is 0 Å². The lowest BCUT2D eigenvalue weighted by Gasteiger charge is -2.26. The van der Waals surface area contributed by atoms with Crippen molar-refractivity contribution in [3.63, 3.8) is 0 Å². The molecule has 0 saturated heterocycles. The molecule has 2 aromatic heterocycles. The first kappa shape index (κ1) is 20.4. The van der Waals surface area contributed by atoms with Crippen molar-refractivity contribution in [3.05, 3.63) is 52.3 Å². The van der Waals surface area contributed by atoms with E-state index in [1.165, 1.54) is 17.6 Å². The molecular weight excluding hydrogens is 404 g/mol. The fourth-order valence-electron chi connectivity index (χ4n) is 5.06. The van der Waals surface area contributed by atoms with Crippen LogP contribution in [0.15, 0.2) is 45.4 Å². The minimum absolute atomic E-state index is 0.0442. The van der Waals surface area contributed by atoms with Crippen LogP contribution in [0.25, 0.3) is 0 Å². The van der Waals surface area contributed by atoms with Crippen molar-refractivity contribution in [2.75, 3.05) is 5.32 Å². The number of carboxylic acids is 1. The normalized spacial score (nSPS) is 24.7. The Morgan fingerprint density at radius 2 is 1.90 bits per heavy atom. The van der Waals surface area contributed by atoms with Crippen molar-refractivity contribution in [3.8, 4) is 0 Å². The van der Waals surface area contributed by atoms with Crippen molar-refractivity contribution < 1.29 is 23.9 Å². The lowest BCUT2D eigenvalue weighted by atomic mass is 9.79. The number of allylic oxidation sites excluding steroid dienone is 2. The van der Waals surface area contributed by atoms with Crippen LogP contribution in [0.2, 0.25) is 0 Å². The fourth-order valence-corrected chi connectivity index (χ4v) is 5.85. The molecule has 158 valence electrons. The van der Waals surface area contributed by atoms with Crippen LogP contribution >= 0.6 is 11.3 Å². The van der Waals surface area contributed by atoms with Gasteiger partial charge in [0.2, 0.25) is 5.91 Å². The maximum atomic E-state index is 13.2. The highest BCUT2D eigenvalue weighted by molar-refractivity contribution is 7.14. The number of nitrogens with one attached hydrogen (secondary N) is 2. The molecule has 2 aliphatic carbocycles. The number of carbonyl (C=O) groups is 3. The maximum absolute atomic E-state index is 13.2. The minimum Gasteiger partial charge on any atom is -0.481 e. The number of rotatable bonds is 6. The van der Waals surface area contributed by atoms with Gasteiger partial charge >= 0.3 is 5.97 Å². The van der Waals surface area contributed by atoms with Crippen molar-refractivity contribution in [1.82, 2.24) is 5.32 Å². The number of thiophene rings is 1. The average molecular weight is 429 g/mol. The molecular formula is C22H24N2O5S. The smallest absolute Gasteiger partial charge is 0.307 e. The number of hydrogen-bond donors (Lipinski definition) is 3. The minimum atomic E-state index is -0.927. The molecule has 0 aliphatic heterocycles. The number of amides is 2. The summed E-state index contributed by atoms with van der Waals surface area (Å²) in [6.07, 6.45) is 3.17. The first-order chi connectivity index (χ1) is 14.4. The van der Waals surface area contributed by atoms with E-state index in [9.17, 15) is 19.5 Å². The molecule has 30 heavy (non-hydrogen) atoms. The second-order valence-corrected chi connectivity index (χ2v) is 8.97. The van der Waals surface area contributed by atoms with Gasteiger partial charge in [0.25, 0.3) is 5.91 Å². The van der Waals surface area contributed by atoms with Crippen LogP contribution in [0.3, 0.4) is 0 Å². The van der Waals surface area contributed by atoms with Crippen LogP contribution in [-0.4, -0.2) is 22.9 Å². The molecule has 2 amide bonds. The molecule has 3 N–H and O–H groups in total. The summed E-state index contributed by atoms with van der Waals surface area (Å²) in [6.45, 7) is 4.22. The number of aliphatic carboxylic acids is 1. The maximum Gasteiger partial charge on any atom is 0.307 e. The zero-order valence-electron chi connectivity index (χ0n) is 16.8. The van der Waals surface area contributed by atoms with Gasteiger partial charge in [0.05, 0.1) is 30.2 Å². The van der Waals surface area contributed by atoms with Gasteiger partial charge < -0.3 is 20.2 Å². The van der Waals surface area contributed by atoms with Crippen LogP contribution < -0.4 is 10.6 Å². The number of carbonyl (C=O) groups excluding carboxylic acids is 2. The number of fused-ring (bicyclic) bond motifs is 2. The SMILES string of the molecule is CC(C)=C1[C@H]2CC[C@H]1[C@@H](C(=O)Nc1sccc1C(=O)NCc1ccco1)[C@@H]2C(=O)O. The molecule has 4 rings (SSSR count). The highest BCUT2D eigenvalue weighted by atomic mass is 32.1. The predicted octanol–water partition coefficient (Wildman–Crippen LogP) is 3.90. The molecule has 8 heteroatoms. The molecule has 2 bridgehead atoms. The Morgan fingerprint density at radius 3 is 2.53 bits per heavy atom.